The van der Waals surface area contributed by atoms with E-state index in [0.29, 0.717) is 19.5 Å². The Morgan fingerprint density at radius 2 is 1.83 bits per heavy atom. The number of rotatable bonds is 8. The van der Waals surface area contributed by atoms with Gasteiger partial charge in [-0.1, -0.05) is 6.92 Å². The molecule has 0 bridgehead atoms. The first-order valence-corrected chi connectivity index (χ1v) is 6.35. The Hall–Kier alpha value is -1.30. The van der Waals surface area contributed by atoms with Crippen LogP contribution in [0.5, 0.6) is 0 Å². The van der Waals surface area contributed by atoms with Crippen LogP contribution in [0, 0.1) is 0 Å². The van der Waals surface area contributed by atoms with Gasteiger partial charge >= 0.3 is 12.0 Å². The third-order valence-corrected chi connectivity index (χ3v) is 2.71. The molecule has 2 amide bonds. The molecule has 0 aromatic heterocycles. The van der Waals surface area contributed by atoms with Crippen molar-refractivity contribution in [1.29, 1.82) is 0 Å². The molecular formula is C12H25N3O3. The molecule has 1 atom stereocenters. The number of nitrogens with one attached hydrogen (secondary N) is 1. The Morgan fingerprint density at radius 3 is 2.22 bits per heavy atom. The van der Waals surface area contributed by atoms with Crippen molar-refractivity contribution < 1.29 is 14.7 Å². The number of amides is 2. The molecule has 106 valence electrons. The Morgan fingerprint density at radius 1 is 1.22 bits per heavy atom. The molecule has 0 unspecified atom stereocenters. The average molecular weight is 259 g/mol. The number of aliphatic carboxylic acids is 1. The second-order valence-electron chi connectivity index (χ2n) is 4.49. The summed E-state index contributed by atoms with van der Waals surface area (Å²) in [5.74, 6) is -0.991. The lowest BCUT2D eigenvalue weighted by molar-refractivity contribution is -0.139. The van der Waals surface area contributed by atoms with Gasteiger partial charge in [-0.2, -0.15) is 0 Å². The zero-order chi connectivity index (χ0) is 14.1. The quantitative estimate of drug-likeness (QED) is 0.677. The van der Waals surface area contributed by atoms with Gasteiger partial charge < -0.3 is 20.2 Å². The molecule has 0 heterocycles. The standard InChI is InChI=1S/C12H25N3O3/c1-5-10(11(16)17)13-12(18)15(6-2)9-7-8-14(3)4/h10H,5-9H2,1-4H3,(H,13,18)(H,16,17)/t10-/m1/s1. The van der Waals surface area contributed by atoms with Crippen LogP contribution in [0.25, 0.3) is 0 Å². The highest BCUT2D eigenvalue weighted by atomic mass is 16.4. The van der Waals surface area contributed by atoms with Crippen molar-refractivity contribution in [1.82, 2.24) is 15.1 Å². The molecule has 0 aliphatic heterocycles. The lowest BCUT2D eigenvalue weighted by atomic mass is 10.2. The maximum absolute atomic E-state index is 11.9. The van der Waals surface area contributed by atoms with Crippen LogP contribution in [-0.4, -0.2) is 66.7 Å². The number of nitrogens with zero attached hydrogens (tertiary/aromatic N) is 2. The van der Waals surface area contributed by atoms with E-state index in [9.17, 15) is 9.59 Å². The smallest absolute Gasteiger partial charge is 0.326 e. The van der Waals surface area contributed by atoms with Crippen LogP contribution in [0.15, 0.2) is 0 Å². The van der Waals surface area contributed by atoms with E-state index >= 15 is 0 Å². The summed E-state index contributed by atoms with van der Waals surface area (Å²) in [4.78, 5) is 26.4. The van der Waals surface area contributed by atoms with Gasteiger partial charge in [-0.3, -0.25) is 0 Å². The molecular weight excluding hydrogens is 234 g/mol. The molecule has 0 saturated carbocycles. The molecule has 0 aromatic rings. The molecule has 0 rings (SSSR count). The van der Waals surface area contributed by atoms with Gasteiger partial charge in [0.25, 0.3) is 0 Å². The Balaban J connectivity index is 4.21. The number of carboxylic acid groups (broad SMARTS) is 1. The highest BCUT2D eigenvalue weighted by Gasteiger charge is 2.20. The van der Waals surface area contributed by atoms with Crippen molar-refractivity contribution in [3.8, 4) is 0 Å². The number of carbonyl (C=O) groups excluding carboxylic acids is 1. The van der Waals surface area contributed by atoms with Gasteiger partial charge in [0.1, 0.15) is 6.04 Å². The summed E-state index contributed by atoms with van der Waals surface area (Å²) in [6.45, 7) is 5.74. The zero-order valence-corrected chi connectivity index (χ0v) is 11.8. The van der Waals surface area contributed by atoms with E-state index in [4.69, 9.17) is 5.11 Å². The van der Waals surface area contributed by atoms with E-state index in [-0.39, 0.29) is 6.03 Å². The summed E-state index contributed by atoms with van der Waals surface area (Å²) in [6, 6.07) is -1.11. The largest absolute Gasteiger partial charge is 0.480 e. The lowest BCUT2D eigenvalue weighted by Crippen LogP contribution is -2.48. The summed E-state index contributed by atoms with van der Waals surface area (Å²) in [5.41, 5.74) is 0. The maximum atomic E-state index is 11.9. The third-order valence-electron chi connectivity index (χ3n) is 2.71. The predicted octanol–water partition coefficient (Wildman–Crippen LogP) is 0.833. The predicted molar refractivity (Wildman–Crippen MR) is 70.7 cm³/mol. The molecule has 0 aliphatic carbocycles. The second-order valence-corrected chi connectivity index (χ2v) is 4.49. The normalized spacial score (nSPS) is 12.3. The summed E-state index contributed by atoms with van der Waals surface area (Å²) < 4.78 is 0. The highest BCUT2D eigenvalue weighted by Crippen LogP contribution is 1.97. The van der Waals surface area contributed by atoms with Crippen molar-refractivity contribution in [2.75, 3.05) is 33.7 Å². The Bertz CT molecular complexity index is 269. The first-order valence-electron chi connectivity index (χ1n) is 6.35. The van der Waals surface area contributed by atoms with E-state index < -0.39 is 12.0 Å². The fourth-order valence-corrected chi connectivity index (χ4v) is 1.56. The molecule has 6 nitrogen and oxygen atoms in total. The molecule has 6 heteroatoms. The first kappa shape index (κ1) is 16.7. The van der Waals surface area contributed by atoms with Gasteiger partial charge in [0.15, 0.2) is 0 Å². The van der Waals surface area contributed by atoms with E-state index in [0.717, 1.165) is 13.0 Å². The zero-order valence-electron chi connectivity index (χ0n) is 11.8. The SMILES string of the molecule is CC[C@@H](NC(=O)N(CC)CCCN(C)C)C(=O)O. The van der Waals surface area contributed by atoms with Crippen molar-refractivity contribution in [3.05, 3.63) is 0 Å². The minimum Gasteiger partial charge on any atom is -0.480 e. The van der Waals surface area contributed by atoms with E-state index in [1.807, 2.05) is 21.0 Å². The third kappa shape index (κ3) is 6.44. The van der Waals surface area contributed by atoms with Gasteiger partial charge in [0.05, 0.1) is 0 Å². The minimum absolute atomic E-state index is 0.300. The van der Waals surface area contributed by atoms with Crippen molar-refractivity contribution in [2.24, 2.45) is 0 Å². The van der Waals surface area contributed by atoms with Gasteiger partial charge in [0, 0.05) is 13.1 Å². The van der Waals surface area contributed by atoms with Crippen molar-refractivity contribution >= 4 is 12.0 Å². The summed E-state index contributed by atoms with van der Waals surface area (Å²) in [5, 5.41) is 11.4. The fraction of sp³-hybridized carbons (Fsp3) is 0.833. The summed E-state index contributed by atoms with van der Waals surface area (Å²) in [7, 11) is 3.96. The molecule has 18 heavy (non-hydrogen) atoms. The molecule has 0 fully saturated rings. The highest BCUT2D eigenvalue weighted by molar-refractivity contribution is 5.82. The van der Waals surface area contributed by atoms with E-state index in [2.05, 4.69) is 10.2 Å². The van der Waals surface area contributed by atoms with Gasteiger partial charge in [0.2, 0.25) is 0 Å². The molecule has 0 spiro atoms. The van der Waals surface area contributed by atoms with Crippen LogP contribution in [0.1, 0.15) is 26.7 Å². The minimum atomic E-state index is -0.991. The number of carbonyl (C=O) groups is 2. The molecule has 0 aliphatic rings. The van der Waals surface area contributed by atoms with Crippen LogP contribution < -0.4 is 5.32 Å². The summed E-state index contributed by atoms with van der Waals surface area (Å²) >= 11 is 0. The van der Waals surface area contributed by atoms with Crippen LogP contribution in [0.4, 0.5) is 4.79 Å². The molecule has 2 N–H and O–H groups in total. The van der Waals surface area contributed by atoms with Crippen LogP contribution in [0.2, 0.25) is 0 Å². The van der Waals surface area contributed by atoms with E-state index in [1.165, 1.54) is 0 Å². The van der Waals surface area contributed by atoms with Crippen LogP contribution in [0.3, 0.4) is 0 Å². The number of hydrogen-bond acceptors (Lipinski definition) is 3. The number of hydrogen-bond donors (Lipinski definition) is 2. The van der Waals surface area contributed by atoms with Gasteiger partial charge in [-0.15, -0.1) is 0 Å². The van der Waals surface area contributed by atoms with Crippen LogP contribution in [-0.2, 0) is 4.79 Å². The van der Waals surface area contributed by atoms with Gasteiger partial charge in [-0.05, 0) is 40.4 Å². The molecule has 0 saturated heterocycles. The number of carboxylic acids is 1. The van der Waals surface area contributed by atoms with E-state index in [1.54, 1.807) is 11.8 Å². The topological polar surface area (TPSA) is 72.9 Å². The lowest BCUT2D eigenvalue weighted by Gasteiger charge is -2.24. The van der Waals surface area contributed by atoms with Crippen LogP contribution >= 0.6 is 0 Å². The first-order chi connectivity index (χ1) is 8.42. The van der Waals surface area contributed by atoms with Crippen molar-refractivity contribution in [3.63, 3.8) is 0 Å². The molecule has 0 aromatic carbocycles. The Labute approximate surface area is 109 Å². The Kier molecular flexibility index (Phi) is 8.11. The second kappa shape index (κ2) is 8.74. The van der Waals surface area contributed by atoms with Gasteiger partial charge in [-0.25, -0.2) is 9.59 Å². The fourth-order valence-electron chi connectivity index (χ4n) is 1.56. The average Bonchev–Trinajstić information content (AvgIpc) is 2.30. The molecule has 0 radical (unpaired) electrons. The number of urea groups is 1. The van der Waals surface area contributed by atoms with Crippen molar-refractivity contribution in [2.45, 2.75) is 32.7 Å². The summed E-state index contributed by atoms with van der Waals surface area (Å²) in [6.07, 6.45) is 1.26. The maximum Gasteiger partial charge on any atom is 0.326 e. The monoisotopic (exact) mass is 259 g/mol.